The fourth-order valence-electron chi connectivity index (χ4n) is 2.90. The molecule has 1 aliphatic heterocycles. The number of likely N-dealkylation sites (tertiary alicyclic amines) is 1. The highest BCUT2D eigenvalue weighted by Crippen LogP contribution is 2.07. The molecule has 1 unspecified atom stereocenters. The minimum absolute atomic E-state index is 0.277. The molecular weight excluding hydrogens is 246 g/mol. The molecule has 0 spiro atoms. The van der Waals surface area contributed by atoms with Crippen molar-refractivity contribution in [1.29, 1.82) is 0 Å². The molecule has 0 bridgehead atoms. The predicted molar refractivity (Wildman–Crippen MR) is 85.9 cm³/mol. The first-order valence-electron chi connectivity index (χ1n) is 7.94. The summed E-state index contributed by atoms with van der Waals surface area (Å²) in [6, 6.07) is 10.9. The van der Waals surface area contributed by atoms with Gasteiger partial charge in [-0.15, -0.1) is 0 Å². The second kappa shape index (κ2) is 8.40. The van der Waals surface area contributed by atoms with E-state index in [0.29, 0.717) is 0 Å². The van der Waals surface area contributed by atoms with Crippen molar-refractivity contribution < 1.29 is 0 Å². The molecule has 2 rings (SSSR count). The summed E-state index contributed by atoms with van der Waals surface area (Å²) < 4.78 is 0. The van der Waals surface area contributed by atoms with E-state index in [-0.39, 0.29) is 6.04 Å². The average Bonchev–Trinajstić information content (AvgIpc) is 2.97. The van der Waals surface area contributed by atoms with Crippen LogP contribution in [0, 0.1) is 0 Å². The Morgan fingerprint density at radius 1 is 1.20 bits per heavy atom. The van der Waals surface area contributed by atoms with Crippen LogP contribution in [-0.2, 0) is 6.42 Å². The summed E-state index contributed by atoms with van der Waals surface area (Å²) in [5.41, 5.74) is 7.64. The Kier molecular flexibility index (Phi) is 6.51. The maximum atomic E-state index is 6.25. The highest BCUT2D eigenvalue weighted by atomic mass is 15.2. The fraction of sp³-hybridized carbons (Fsp3) is 0.647. The molecule has 1 heterocycles. The quantitative estimate of drug-likeness (QED) is 0.787. The van der Waals surface area contributed by atoms with Gasteiger partial charge in [0.1, 0.15) is 0 Å². The van der Waals surface area contributed by atoms with E-state index < -0.39 is 0 Å². The highest BCUT2D eigenvalue weighted by Gasteiger charge is 2.13. The van der Waals surface area contributed by atoms with E-state index in [2.05, 4.69) is 47.2 Å². The molecule has 0 saturated carbocycles. The van der Waals surface area contributed by atoms with E-state index in [1.54, 1.807) is 0 Å². The summed E-state index contributed by atoms with van der Waals surface area (Å²) in [7, 11) is 2.19. The van der Waals surface area contributed by atoms with Crippen molar-refractivity contribution in [1.82, 2.24) is 9.80 Å². The van der Waals surface area contributed by atoms with Crippen LogP contribution >= 0.6 is 0 Å². The fourth-order valence-corrected chi connectivity index (χ4v) is 2.90. The topological polar surface area (TPSA) is 32.5 Å². The third-order valence-electron chi connectivity index (χ3n) is 4.19. The summed E-state index contributed by atoms with van der Waals surface area (Å²) in [6.07, 6.45) is 4.90. The number of benzene rings is 1. The van der Waals surface area contributed by atoms with Crippen molar-refractivity contribution in [3.8, 4) is 0 Å². The number of nitrogens with two attached hydrogens (primary N) is 1. The lowest BCUT2D eigenvalue weighted by Crippen LogP contribution is -2.39. The van der Waals surface area contributed by atoms with Crippen molar-refractivity contribution in [2.24, 2.45) is 5.73 Å². The summed E-state index contributed by atoms with van der Waals surface area (Å²) in [4.78, 5) is 4.94. The molecule has 3 nitrogen and oxygen atoms in total. The largest absolute Gasteiger partial charge is 0.327 e. The van der Waals surface area contributed by atoms with Crippen molar-refractivity contribution in [3.63, 3.8) is 0 Å². The first-order valence-corrected chi connectivity index (χ1v) is 7.94. The summed E-state index contributed by atoms with van der Waals surface area (Å²) in [5.74, 6) is 0. The standard InChI is InChI=1S/C17H29N3/c1-19(13-14-20-11-5-6-12-20)15-17(18)10-9-16-7-3-2-4-8-16/h2-4,7-8,17H,5-6,9-15,18H2,1H3. The van der Waals surface area contributed by atoms with Crippen LogP contribution in [0.25, 0.3) is 0 Å². The van der Waals surface area contributed by atoms with Gasteiger partial charge in [0, 0.05) is 25.7 Å². The molecule has 1 fully saturated rings. The van der Waals surface area contributed by atoms with Crippen LogP contribution in [0.5, 0.6) is 0 Å². The number of rotatable bonds is 8. The minimum Gasteiger partial charge on any atom is -0.327 e. The minimum atomic E-state index is 0.277. The molecule has 1 saturated heterocycles. The van der Waals surface area contributed by atoms with Crippen LogP contribution in [0.4, 0.5) is 0 Å². The second-order valence-corrected chi connectivity index (χ2v) is 6.10. The molecule has 0 radical (unpaired) electrons. The molecule has 0 amide bonds. The Balaban J connectivity index is 1.59. The van der Waals surface area contributed by atoms with Crippen molar-refractivity contribution in [3.05, 3.63) is 35.9 Å². The summed E-state index contributed by atoms with van der Waals surface area (Å²) in [5, 5.41) is 0. The lowest BCUT2D eigenvalue weighted by Gasteiger charge is -2.24. The molecule has 3 heteroatoms. The molecule has 1 atom stereocenters. The van der Waals surface area contributed by atoms with E-state index in [1.165, 1.54) is 38.0 Å². The summed E-state index contributed by atoms with van der Waals surface area (Å²) in [6.45, 7) is 5.91. The van der Waals surface area contributed by atoms with Gasteiger partial charge in [-0.1, -0.05) is 30.3 Å². The molecule has 1 aromatic carbocycles. The molecule has 1 aliphatic rings. The van der Waals surface area contributed by atoms with Gasteiger partial charge >= 0.3 is 0 Å². The van der Waals surface area contributed by atoms with E-state index in [1.807, 2.05) is 0 Å². The van der Waals surface area contributed by atoms with Gasteiger partial charge in [-0.2, -0.15) is 0 Å². The number of likely N-dealkylation sites (N-methyl/N-ethyl adjacent to an activating group) is 1. The van der Waals surface area contributed by atoms with Gasteiger partial charge in [-0.25, -0.2) is 0 Å². The maximum absolute atomic E-state index is 6.25. The van der Waals surface area contributed by atoms with Crippen molar-refractivity contribution in [2.75, 3.05) is 39.8 Å². The van der Waals surface area contributed by atoms with Crippen LogP contribution in [0.1, 0.15) is 24.8 Å². The Bertz CT molecular complexity index is 360. The maximum Gasteiger partial charge on any atom is 0.0170 e. The van der Waals surface area contributed by atoms with Crippen LogP contribution < -0.4 is 5.73 Å². The van der Waals surface area contributed by atoms with E-state index in [9.17, 15) is 0 Å². The second-order valence-electron chi connectivity index (χ2n) is 6.10. The van der Waals surface area contributed by atoms with Gasteiger partial charge in [0.25, 0.3) is 0 Å². The van der Waals surface area contributed by atoms with Crippen LogP contribution in [0.15, 0.2) is 30.3 Å². The number of hydrogen-bond acceptors (Lipinski definition) is 3. The zero-order valence-electron chi connectivity index (χ0n) is 12.8. The molecule has 20 heavy (non-hydrogen) atoms. The van der Waals surface area contributed by atoms with E-state index in [0.717, 1.165) is 25.9 Å². The number of hydrogen-bond donors (Lipinski definition) is 1. The number of aryl methyl sites for hydroxylation is 1. The monoisotopic (exact) mass is 275 g/mol. The van der Waals surface area contributed by atoms with Crippen LogP contribution in [-0.4, -0.2) is 55.6 Å². The van der Waals surface area contributed by atoms with Gasteiger partial charge in [0.05, 0.1) is 0 Å². The Morgan fingerprint density at radius 3 is 2.60 bits per heavy atom. The molecule has 112 valence electrons. The predicted octanol–water partition coefficient (Wildman–Crippen LogP) is 1.97. The van der Waals surface area contributed by atoms with Crippen LogP contribution in [0.3, 0.4) is 0 Å². The Hall–Kier alpha value is -0.900. The van der Waals surface area contributed by atoms with Gasteiger partial charge < -0.3 is 15.5 Å². The van der Waals surface area contributed by atoms with Crippen molar-refractivity contribution >= 4 is 0 Å². The van der Waals surface area contributed by atoms with Gasteiger partial charge in [0.2, 0.25) is 0 Å². The lowest BCUT2D eigenvalue weighted by atomic mass is 10.1. The van der Waals surface area contributed by atoms with Gasteiger partial charge in [0.15, 0.2) is 0 Å². The van der Waals surface area contributed by atoms with E-state index >= 15 is 0 Å². The first-order chi connectivity index (χ1) is 9.74. The molecule has 0 aliphatic carbocycles. The smallest absolute Gasteiger partial charge is 0.0170 e. The third-order valence-corrected chi connectivity index (χ3v) is 4.19. The number of nitrogens with zero attached hydrogens (tertiary/aromatic N) is 2. The Morgan fingerprint density at radius 2 is 1.90 bits per heavy atom. The zero-order valence-corrected chi connectivity index (χ0v) is 12.8. The van der Waals surface area contributed by atoms with Crippen LogP contribution in [0.2, 0.25) is 0 Å². The summed E-state index contributed by atoms with van der Waals surface area (Å²) >= 11 is 0. The third kappa shape index (κ3) is 5.61. The van der Waals surface area contributed by atoms with Gasteiger partial charge in [-0.05, 0) is 51.4 Å². The van der Waals surface area contributed by atoms with E-state index in [4.69, 9.17) is 5.73 Å². The molecule has 0 aromatic heterocycles. The molecular formula is C17H29N3. The molecule has 1 aromatic rings. The Labute approximate surface area is 123 Å². The SMILES string of the molecule is CN(CCN1CCCC1)CC(N)CCc1ccccc1. The zero-order chi connectivity index (χ0) is 14.2. The molecule has 2 N–H and O–H groups in total. The average molecular weight is 275 g/mol. The lowest BCUT2D eigenvalue weighted by molar-refractivity contribution is 0.245. The normalized spacial score (nSPS) is 17.8. The highest BCUT2D eigenvalue weighted by molar-refractivity contribution is 5.14. The van der Waals surface area contributed by atoms with Crippen molar-refractivity contribution in [2.45, 2.75) is 31.7 Å². The first kappa shape index (κ1) is 15.5. The van der Waals surface area contributed by atoms with Gasteiger partial charge in [-0.3, -0.25) is 0 Å².